The second-order valence-corrected chi connectivity index (χ2v) is 8.23. The fourth-order valence-electron chi connectivity index (χ4n) is 3.79. The molecule has 0 heterocycles. The summed E-state index contributed by atoms with van der Waals surface area (Å²) in [5.41, 5.74) is 2.56. The smallest absolute Gasteiger partial charge is 0.319 e. The number of halogens is 1. The molecule has 0 saturated heterocycles. The Morgan fingerprint density at radius 2 is 1.26 bits per heavy atom. The van der Waals surface area contributed by atoms with Crippen LogP contribution in [0.2, 0.25) is 5.02 Å². The Labute approximate surface area is 209 Å². The molecule has 0 spiro atoms. The van der Waals surface area contributed by atoms with Crippen LogP contribution < -0.4 is 10.1 Å². The minimum atomic E-state index is -1.17. The van der Waals surface area contributed by atoms with Crippen molar-refractivity contribution in [2.75, 3.05) is 12.4 Å². The lowest BCUT2D eigenvalue weighted by atomic mass is 9.91. The van der Waals surface area contributed by atoms with Crippen molar-refractivity contribution in [3.8, 4) is 5.75 Å². The molecule has 35 heavy (non-hydrogen) atoms. The van der Waals surface area contributed by atoms with Gasteiger partial charge in [0.05, 0.1) is 12.1 Å². The van der Waals surface area contributed by atoms with E-state index in [4.69, 9.17) is 21.1 Å². The summed E-state index contributed by atoms with van der Waals surface area (Å²) in [5.74, 6) is -1.22. The summed E-state index contributed by atoms with van der Waals surface area (Å²) in [5, 5.41) is 3.15. The molecule has 4 rings (SSSR count). The number of carbonyl (C=O) groups is 2. The first-order valence-corrected chi connectivity index (χ1v) is 11.4. The molecule has 0 unspecified atom stereocenters. The summed E-state index contributed by atoms with van der Waals surface area (Å²) in [7, 11) is 1.51. The maximum Gasteiger partial charge on any atom is 0.319 e. The summed E-state index contributed by atoms with van der Waals surface area (Å²) < 4.78 is 11.1. The fourth-order valence-corrected chi connectivity index (χ4v) is 4.05. The van der Waals surface area contributed by atoms with Crippen LogP contribution in [0.25, 0.3) is 0 Å². The van der Waals surface area contributed by atoms with Gasteiger partial charge >= 0.3 is 5.97 Å². The number of ether oxygens (including phenoxy) is 2. The highest BCUT2D eigenvalue weighted by molar-refractivity contribution is 6.32. The third kappa shape index (κ3) is 5.89. The van der Waals surface area contributed by atoms with Gasteiger partial charge in [0.15, 0.2) is 0 Å². The number of benzene rings is 4. The number of anilines is 1. The van der Waals surface area contributed by atoms with E-state index in [9.17, 15) is 9.59 Å². The van der Waals surface area contributed by atoms with E-state index >= 15 is 0 Å². The minimum absolute atomic E-state index is 0.353. The fraction of sp³-hybridized carbons (Fsp3) is 0.103. The molecule has 0 aliphatic rings. The standard InChI is InChI=1S/C29H24ClNO4/c1-34-25-18-17-23(19-24(25)30)31-28(32)27(22-15-9-4-10-16-22)35-29(33)26(20-11-5-2-6-12-20)21-13-7-3-8-14-21/h2-19,26-27H,1H3,(H,31,32)/t27-/m0/s1. The highest BCUT2D eigenvalue weighted by atomic mass is 35.5. The van der Waals surface area contributed by atoms with Crippen LogP contribution in [-0.2, 0) is 14.3 Å². The van der Waals surface area contributed by atoms with Crippen LogP contribution in [0.5, 0.6) is 5.75 Å². The molecule has 1 amide bonds. The topological polar surface area (TPSA) is 64.6 Å². The number of nitrogens with one attached hydrogen (secondary N) is 1. The Morgan fingerprint density at radius 3 is 1.74 bits per heavy atom. The summed E-state index contributed by atoms with van der Waals surface area (Å²) in [6, 6.07) is 32.5. The molecule has 5 nitrogen and oxygen atoms in total. The number of amides is 1. The Hall–Kier alpha value is -4.09. The first-order chi connectivity index (χ1) is 17.1. The monoisotopic (exact) mass is 485 g/mol. The number of methoxy groups -OCH3 is 1. The molecule has 1 atom stereocenters. The van der Waals surface area contributed by atoms with Gasteiger partial charge in [0.25, 0.3) is 5.91 Å². The van der Waals surface area contributed by atoms with E-state index in [-0.39, 0.29) is 0 Å². The number of hydrogen-bond acceptors (Lipinski definition) is 4. The third-order valence-electron chi connectivity index (χ3n) is 5.50. The molecule has 0 saturated carbocycles. The first kappa shape index (κ1) is 24.0. The van der Waals surface area contributed by atoms with Crippen molar-refractivity contribution in [3.63, 3.8) is 0 Å². The highest BCUT2D eigenvalue weighted by Crippen LogP contribution is 2.31. The van der Waals surface area contributed by atoms with Gasteiger partial charge in [-0.2, -0.15) is 0 Å². The van der Waals surface area contributed by atoms with Crippen molar-refractivity contribution in [3.05, 3.63) is 131 Å². The molecule has 0 radical (unpaired) electrons. The van der Waals surface area contributed by atoms with E-state index in [0.29, 0.717) is 22.0 Å². The van der Waals surface area contributed by atoms with Crippen molar-refractivity contribution < 1.29 is 19.1 Å². The van der Waals surface area contributed by atoms with Crippen LogP contribution in [0, 0.1) is 0 Å². The Morgan fingerprint density at radius 1 is 0.743 bits per heavy atom. The summed E-state index contributed by atoms with van der Waals surface area (Å²) in [6.07, 6.45) is -1.17. The van der Waals surface area contributed by atoms with Crippen molar-refractivity contribution in [2.24, 2.45) is 0 Å². The quantitative estimate of drug-likeness (QED) is 0.293. The Balaban J connectivity index is 1.64. The van der Waals surface area contributed by atoms with Gasteiger partial charge in [-0.3, -0.25) is 9.59 Å². The molecule has 0 aliphatic carbocycles. The average molecular weight is 486 g/mol. The third-order valence-corrected chi connectivity index (χ3v) is 5.79. The van der Waals surface area contributed by atoms with Crippen molar-refractivity contribution in [1.82, 2.24) is 0 Å². The van der Waals surface area contributed by atoms with Gasteiger partial charge in [-0.15, -0.1) is 0 Å². The van der Waals surface area contributed by atoms with Gasteiger partial charge in [0, 0.05) is 11.3 Å². The summed E-state index contributed by atoms with van der Waals surface area (Å²) in [6.45, 7) is 0. The number of hydrogen-bond donors (Lipinski definition) is 1. The van der Waals surface area contributed by atoms with E-state index < -0.39 is 23.9 Å². The van der Waals surface area contributed by atoms with Crippen LogP contribution >= 0.6 is 11.6 Å². The van der Waals surface area contributed by atoms with E-state index in [0.717, 1.165) is 11.1 Å². The predicted octanol–water partition coefficient (Wildman–Crippen LogP) is 6.40. The van der Waals surface area contributed by atoms with Gasteiger partial charge in [-0.05, 0) is 29.3 Å². The maximum absolute atomic E-state index is 13.6. The largest absolute Gasteiger partial charge is 0.495 e. The van der Waals surface area contributed by atoms with Gasteiger partial charge in [-0.1, -0.05) is 103 Å². The van der Waals surface area contributed by atoms with Gasteiger partial charge < -0.3 is 14.8 Å². The average Bonchev–Trinajstić information content (AvgIpc) is 2.89. The lowest BCUT2D eigenvalue weighted by Crippen LogP contribution is -2.28. The zero-order valence-corrected chi connectivity index (χ0v) is 19.8. The number of esters is 1. The Kier molecular flexibility index (Phi) is 7.81. The van der Waals surface area contributed by atoms with Gasteiger partial charge in [-0.25, -0.2) is 0 Å². The van der Waals surface area contributed by atoms with Crippen LogP contribution in [-0.4, -0.2) is 19.0 Å². The second-order valence-electron chi connectivity index (χ2n) is 7.82. The van der Waals surface area contributed by atoms with Crippen molar-refractivity contribution in [2.45, 2.75) is 12.0 Å². The molecule has 176 valence electrons. The lowest BCUT2D eigenvalue weighted by Gasteiger charge is -2.22. The normalized spacial score (nSPS) is 11.5. The van der Waals surface area contributed by atoms with E-state index in [1.54, 1.807) is 42.5 Å². The van der Waals surface area contributed by atoms with Gasteiger partial charge in [0.2, 0.25) is 6.10 Å². The number of rotatable bonds is 8. The van der Waals surface area contributed by atoms with Crippen LogP contribution in [0.3, 0.4) is 0 Å². The number of carbonyl (C=O) groups excluding carboxylic acids is 2. The summed E-state index contributed by atoms with van der Waals surface area (Å²) in [4.78, 5) is 26.9. The molecule has 4 aromatic carbocycles. The minimum Gasteiger partial charge on any atom is -0.495 e. The Bertz CT molecular complexity index is 1240. The summed E-state index contributed by atoms with van der Waals surface area (Å²) >= 11 is 6.21. The molecule has 0 aromatic heterocycles. The zero-order valence-electron chi connectivity index (χ0n) is 19.1. The lowest BCUT2D eigenvalue weighted by molar-refractivity contribution is -0.155. The molecule has 0 fully saturated rings. The second kappa shape index (κ2) is 11.4. The van der Waals surface area contributed by atoms with Crippen LogP contribution in [0.15, 0.2) is 109 Å². The van der Waals surface area contributed by atoms with E-state index in [2.05, 4.69) is 5.32 Å². The molecule has 0 bridgehead atoms. The van der Waals surface area contributed by atoms with Crippen molar-refractivity contribution >= 4 is 29.2 Å². The van der Waals surface area contributed by atoms with E-state index in [1.807, 2.05) is 66.7 Å². The van der Waals surface area contributed by atoms with Crippen LogP contribution in [0.4, 0.5) is 5.69 Å². The molecular formula is C29H24ClNO4. The zero-order chi connectivity index (χ0) is 24.6. The SMILES string of the molecule is COc1ccc(NC(=O)[C@@H](OC(=O)C(c2ccccc2)c2ccccc2)c2ccccc2)cc1Cl. The maximum atomic E-state index is 13.6. The molecule has 6 heteroatoms. The van der Waals surface area contributed by atoms with Crippen molar-refractivity contribution in [1.29, 1.82) is 0 Å². The molecule has 1 N–H and O–H groups in total. The highest BCUT2D eigenvalue weighted by Gasteiger charge is 2.31. The molecule has 0 aliphatic heterocycles. The first-order valence-electron chi connectivity index (χ1n) is 11.1. The molecular weight excluding hydrogens is 462 g/mol. The van der Waals surface area contributed by atoms with Gasteiger partial charge in [0.1, 0.15) is 11.7 Å². The van der Waals surface area contributed by atoms with Crippen LogP contribution in [0.1, 0.15) is 28.7 Å². The van der Waals surface area contributed by atoms with E-state index in [1.165, 1.54) is 7.11 Å². The molecule has 4 aromatic rings. The predicted molar refractivity (Wildman–Crippen MR) is 137 cm³/mol.